The Kier molecular flexibility index (Phi) is 2.48. The van der Waals surface area contributed by atoms with Crippen molar-refractivity contribution in [2.75, 3.05) is 0 Å². The maximum atomic E-state index is 10.9. The van der Waals surface area contributed by atoms with Gasteiger partial charge in [0.15, 0.2) is 7.05 Å². The van der Waals surface area contributed by atoms with E-state index < -0.39 is 5.97 Å². The van der Waals surface area contributed by atoms with Crippen molar-refractivity contribution in [2.45, 2.75) is 0 Å². The molecule has 0 aliphatic rings. The molecule has 82 valence electrons. The van der Waals surface area contributed by atoms with Gasteiger partial charge in [-0.15, -0.1) is 4.68 Å². The highest BCUT2D eigenvalue weighted by molar-refractivity contribution is 5.84. The van der Waals surface area contributed by atoms with Gasteiger partial charge in [0.1, 0.15) is 5.69 Å². The van der Waals surface area contributed by atoms with Crippen LogP contribution in [0.4, 0.5) is 0 Å². The van der Waals surface area contributed by atoms with Crippen LogP contribution in [0.25, 0.3) is 11.3 Å². The standard InChI is InChI=1S/C12H12N2O2/c1-13-10(9-6-4-3-5-7-9)8-11(12(15)16)14(13)2/h3-8H,1-2H3. The SMILES string of the molecule is Cn1c(C(=O)[O-])cc(-c2ccccc2)[n+]1C. The first kappa shape index (κ1) is 10.4. The molecule has 0 unspecified atom stereocenters. The summed E-state index contributed by atoms with van der Waals surface area (Å²) in [4.78, 5) is 10.9. The summed E-state index contributed by atoms with van der Waals surface area (Å²) in [5.41, 5.74) is 2.00. The van der Waals surface area contributed by atoms with Gasteiger partial charge < -0.3 is 9.90 Å². The van der Waals surface area contributed by atoms with Gasteiger partial charge in [-0.05, 0) is 12.1 Å². The second kappa shape index (κ2) is 3.81. The summed E-state index contributed by atoms with van der Waals surface area (Å²) >= 11 is 0. The lowest BCUT2D eigenvalue weighted by molar-refractivity contribution is -0.741. The molecule has 0 aliphatic carbocycles. The molecule has 1 heterocycles. The molecule has 2 aromatic rings. The Morgan fingerprint density at radius 3 is 2.44 bits per heavy atom. The van der Waals surface area contributed by atoms with E-state index in [9.17, 15) is 9.90 Å². The second-order valence-electron chi connectivity index (χ2n) is 3.62. The Morgan fingerprint density at radius 1 is 1.31 bits per heavy atom. The number of carbonyl (C=O) groups is 1. The van der Waals surface area contributed by atoms with Crippen LogP contribution >= 0.6 is 0 Å². The molecule has 4 heteroatoms. The zero-order chi connectivity index (χ0) is 11.7. The van der Waals surface area contributed by atoms with E-state index >= 15 is 0 Å². The number of nitrogens with zero attached hydrogens (tertiary/aromatic N) is 2. The van der Waals surface area contributed by atoms with Gasteiger partial charge in [0.25, 0.3) is 0 Å². The highest BCUT2D eigenvalue weighted by Crippen LogP contribution is 2.16. The molecule has 16 heavy (non-hydrogen) atoms. The minimum Gasteiger partial charge on any atom is -0.543 e. The molecule has 2 rings (SSSR count). The molecule has 4 nitrogen and oxygen atoms in total. The lowest BCUT2D eigenvalue weighted by Crippen LogP contribution is -2.41. The van der Waals surface area contributed by atoms with E-state index in [2.05, 4.69) is 0 Å². The summed E-state index contributed by atoms with van der Waals surface area (Å²) in [6.45, 7) is 0. The molecule has 0 amide bonds. The van der Waals surface area contributed by atoms with Gasteiger partial charge in [-0.1, -0.05) is 18.2 Å². The van der Waals surface area contributed by atoms with Gasteiger partial charge in [0, 0.05) is 11.6 Å². The van der Waals surface area contributed by atoms with E-state index in [-0.39, 0.29) is 5.69 Å². The minimum atomic E-state index is -1.17. The van der Waals surface area contributed by atoms with Gasteiger partial charge >= 0.3 is 0 Å². The van der Waals surface area contributed by atoms with Crippen LogP contribution < -0.4 is 9.79 Å². The predicted molar refractivity (Wildman–Crippen MR) is 56.4 cm³/mol. The van der Waals surface area contributed by atoms with E-state index in [1.165, 1.54) is 0 Å². The molecule has 1 aromatic carbocycles. The Bertz CT molecular complexity index is 529. The fourth-order valence-corrected chi connectivity index (χ4v) is 1.71. The molecule has 0 N–H and O–H groups in total. The quantitative estimate of drug-likeness (QED) is 0.657. The molecule has 0 atom stereocenters. The summed E-state index contributed by atoms with van der Waals surface area (Å²) in [5.74, 6) is -1.17. The topological polar surface area (TPSA) is 48.9 Å². The number of rotatable bonds is 2. The Hall–Kier alpha value is -2.10. The number of aromatic nitrogens is 2. The number of carboxylic acid groups (broad SMARTS) is 1. The fourth-order valence-electron chi connectivity index (χ4n) is 1.71. The molecule has 0 saturated heterocycles. The second-order valence-corrected chi connectivity index (χ2v) is 3.62. The van der Waals surface area contributed by atoms with Crippen molar-refractivity contribution >= 4 is 5.97 Å². The van der Waals surface area contributed by atoms with Crippen LogP contribution in [0.2, 0.25) is 0 Å². The van der Waals surface area contributed by atoms with Crippen LogP contribution in [0.3, 0.4) is 0 Å². The van der Waals surface area contributed by atoms with E-state index in [1.807, 2.05) is 37.4 Å². The van der Waals surface area contributed by atoms with Gasteiger partial charge in [-0.25, -0.2) is 0 Å². The minimum absolute atomic E-state index is 0.168. The first-order chi connectivity index (χ1) is 7.61. The van der Waals surface area contributed by atoms with Gasteiger partial charge in [-0.2, -0.15) is 4.68 Å². The van der Waals surface area contributed by atoms with E-state index in [0.29, 0.717) is 0 Å². The van der Waals surface area contributed by atoms with E-state index in [0.717, 1.165) is 11.3 Å². The van der Waals surface area contributed by atoms with Crippen LogP contribution in [0, 0.1) is 0 Å². The van der Waals surface area contributed by atoms with Crippen molar-refractivity contribution in [3.8, 4) is 11.3 Å². The molecular formula is C12H12N2O2. The maximum absolute atomic E-state index is 10.9. The molecule has 0 aliphatic heterocycles. The average Bonchev–Trinajstić information content (AvgIpc) is 2.58. The molecule has 0 spiro atoms. The monoisotopic (exact) mass is 216 g/mol. The Morgan fingerprint density at radius 2 is 1.94 bits per heavy atom. The van der Waals surface area contributed by atoms with Crippen molar-refractivity contribution in [3.63, 3.8) is 0 Å². The Labute approximate surface area is 93.4 Å². The van der Waals surface area contributed by atoms with Crippen LogP contribution in [0.5, 0.6) is 0 Å². The smallest absolute Gasteiger partial charge is 0.238 e. The number of hydrogen-bond donors (Lipinski definition) is 0. The zero-order valence-corrected chi connectivity index (χ0v) is 9.18. The highest BCUT2D eigenvalue weighted by Gasteiger charge is 2.18. The summed E-state index contributed by atoms with van der Waals surface area (Å²) in [6.07, 6.45) is 0. The normalized spacial score (nSPS) is 10.4. The highest BCUT2D eigenvalue weighted by atomic mass is 16.4. The van der Waals surface area contributed by atoms with Crippen LogP contribution in [0.1, 0.15) is 10.5 Å². The molecule has 0 radical (unpaired) electrons. The van der Waals surface area contributed by atoms with Crippen LogP contribution in [-0.2, 0) is 14.1 Å². The van der Waals surface area contributed by atoms with E-state index in [1.54, 1.807) is 22.5 Å². The number of aromatic carboxylic acids is 1. The Balaban J connectivity index is 2.60. The molecule has 0 fully saturated rings. The predicted octanol–water partition coefficient (Wildman–Crippen LogP) is -0.120. The van der Waals surface area contributed by atoms with Gasteiger partial charge in [0.2, 0.25) is 5.69 Å². The lowest BCUT2D eigenvalue weighted by atomic mass is 10.1. The summed E-state index contributed by atoms with van der Waals surface area (Å²) in [5, 5.41) is 10.9. The third-order valence-corrected chi connectivity index (χ3v) is 2.70. The van der Waals surface area contributed by atoms with Crippen molar-refractivity contribution in [1.29, 1.82) is 0 Å². The first-order valence-electron chi connectivity index (χ1n) is 4.94. The van der Waals surface area contributed by atoms with Crippen LogP contribution in [0.15, 0.2) is 36.4 Å². The summed E-state index contributed by atoms with van der Waals surface area (Å²) in [7, 11) is 3.51. The molecular weight excluding hydrogens is 204 g/mol. The van der Waals surface area contributed by atoms with Crippen molar-refractivity contribution in [1.82, 2.24) is 4.68 Å². The third-order valence-electron chi connectivity index (χ3n) is 2.70. The molecule has 0 saturated carbocycles. The van der Waals surface area contributed by atoms with Crippen molar-refractivity contribution in [2.24, 2.45) is 14.1 Å². The molecule has 0 bridgehead atoms. The van der Waals surface area contributed by atoms with Crippen molar-refractivity contribution in [3.05, 3.63) is 42.1 Å². The van der Waals surface area contributed by atoms with Crippen LogP contribution in [-0.4, -0.2) is 10.7 Å². The summed E-state index contributed by atoms with van der Waals surface area (Å²) < 4.78 is 3.33. The lowest BCUT2D eigenvalue weighted by Gasteiger charge is -1.98. The number of carbonyl (C=O) groups excluding carboxylic acids is 1. The average molecular weight is 216 g/mol. The number of benzene rings is 1. The number of hydrogen-bond acceptors (Lipinski definition) is 2. The summed E-state index contributed by atoms with van der Waals surface area (Å²) in [6, 6.07) is 11.3. The number of carboxylic acids is 1. The third kappa shape index (κ3) is 1.58. The van der Waals surface area contributed by atoms with E-state index in [4.69, 9.17) is 0 Å². The fraction of sp³-hybridized carbons (Fsp3) is 0.167. The first-order valence-corrected chi connectivity index (χ1v) is 4.94. The zero-order valence-electron chi connectivity index (χ0n) is 9.18. The van der Waals surface area contributed by atoms with Crippen molar-refractivity contribution < 1.29 is 14.6 Å². The molecule has 1 aromatic heterocycles. The van der Waals surface area contributed by atoms with Gasteiger partial charge in [-0.3, -0.25) is 0 Å². The largest absolute Gasteiger partial charge is 0.543 e. The maximum Gasteiger partial charge on any atom is 0.238 e. The van der Waals surface area contributed by atoms with Gasteiger partial charge in [0.05, 0.1) is 13.0 Å².